The molecule has 3 rings (SSSR count). The lowest BCUT2D eigenvalue weighted by atomic mass is 10.3. The highest BCUT2D eigenvalue weighted by atomic mass is 35.5. The minimum atomic E-state index is 0.731. The molecule has 1 aliphatic heterocycles. The van der Waals surface area contributed by atoms with Crippen molar-refractivity contribution in [1.82, 2.24) is 14.5 Å². The molecule has 1 aliphatic rings. The van der Waals surface area contributed by atoms with E-state index >= 15 is 0 Å². The zero-order valence-electron chi connectivity index (χ0n) is 9.47. The van der Waals surface area contributed by atoms with Crippen LogP contribution in [0.4, 0.5) is 0 Å². The van der Waals surface area contributed by atoms with Gasteiger partial charge < -0.3 is 9.30 Å². The highest BCUT2D eigenvalue weighted by molar-refractivity contribution is 6.31. The summed E-state index contributed by atoms with van der Waals surface area (Å²) in [6, 6.07) is 5.82. The van der Waals surface area contributed by atoms with Gasteiger partial charge in [-0.1, -0.05) is 11.6 Å². The standard InChI is InChI=1S/C12H14ClN3O/c13-10-1-2-12-11(7-10)14-8-16(12)9-15-3-5-17-6-4-15/h1-2,7-8H,3-6,9H2. The molecule has 1 fully saturated rings. The van der Waals surface area contributed by atoms with Gasteiger partial charge in [-0.15, -0.1) is 0 Å². The van der Waals surface area contributed by atoms with Crippen molar-refractivity contribution < 1.29 is 4.74 Å². The number of morpholine rings is 1. The van der Waals surface area contributed by atoms with Gasteiger partial charge in [0, 0.05) is 18.1 Å². The number of nitrogens with zero attached hydrogens (tertiary/aromatic N) is 3. The molecule has 1 aromatic heterocycles. The van der Waals surface area contributed by atoms with Crippen LogP contribution in [0.5, 0.6) is 0 Å². The van der Waals surface area contributed by atoms with Gasteiger partial charge in [-0.3, -0.25) is 4.90 Å². The fraction of sp³-hybridized carbons (Fsp3) is 0.417. The lowest BCUT2D eigenvalue weighted by molar-refractivity contribution is 0.0241. The Morgan fingerprint density at radius 2 is 2.12 bits per heavy atom. The van der Waals surface area contributed by atoms with E-state index < -0.39 is 0 Å². The van der Waals surface area contributed by atoms with Crippen molar-refractivity contribution in [2.45, 2.75) is 6.67 Å². The van der Waals surface area contributed by atoms with Gasteiger partial charge in [0.1, 0.15) is 0 Å². The second-order valence-corrected chi connectivity index (χ2v) is 4.66. The van der Waals surface area contributed by atoms with Crippen LogP contribution in [0.15, 0.2) is 24.5 Å². The predicted molar refractivity (Wildman–Crippen MR) is 67.1 cm³/mol. The lowest BCUT2D eigenvalue weighted by Crippen LogP contribution is -2.37. The summed E-state index contributed by atoms with van der Waals surface area (Å²) in [6.07, 6.45) is 1.87. The molecule has 0 saturated carbocycles. The van der Waals surface area contributed by atoms with Crippen LogP contribution in [-0.2, 0) is 11.4 Å². The number of rotatable bonds is 2. The Kier molecular flexibility index (Phi) is 3.01. The second-order valence-electron chi connectivity index (χ2n) is 4.22. The van der Waals surface area contributed by atoms with E-state index in [-0.39, 0.29) is 0 Å². The Bertz CT molecular complexity index is 519. The first kappa shape index (κ1) is 11.0. The van der Waals surface area contributed by atoms with Crippen LogP contribution in [0.1, 0.15) is 0 Å². The van der Waals surface area contributed by atoms with Crippen LogP contribution in [0.25, 0.3) is 11.0 Å². The fourth-order valence-electron chi connectivity index (χ4n) is 2.11. The SMILES string of the molecule is Clc1ccc2c(c1)ncn2CN1CCOCC1. The van der Waals surface area contributed by atoms with Gasteiger partial charge in [0.2, 0.25) is 0 Å². The molecule has 0 bridgehead atoms. The van der Waals surface area contributed by atoms with Crippen molar-refractivity contribution >= 4 is 22.6 Å². The summed E-state index contributed by atoms with van der Waals surface area (Å²) < 4.78 is 7.49. The van der Waals surface area contributed by atoms with Gasteiger partial charge in [0.05, 0.1) is 37.2 Å². The summed E-state index contributed by atoms with van der Waals surface area (Å²) in [6.45, 7) is 4.46. The number of hydrogen-bond donors (Lipinski definition) is 0. The largest absolute Gasteiger partial charge is 0.379 e. The monoisotopic (exact) mass is 251 g/mol. The Balaban J connectivity index is 1.84. The van der Waals surface area contributed by atoms with E-state index in [9.17, 15) is 0 Å². The van der Waals surface area contributed by atoms with E-state index in [4.69, 9.17) is 16.3 Å². The molecule has 0 N–H and O–H groups in total. The molecule has 17 heavy (non-hydrogen) atoms. The third kappa shape index (κ3) is 2.29. The number of halogens is 1. The molecule has 0 amide bonds. The third-order valence-corrected chi connectivity index (χ3v) is 3.27. The number of fused-ring (bicyclic) bond motifs is 1. The van der Waals surface area contributed by atoms with Gasteiger partial charge in [-0.2, -0.15) is 0 Å². The van der Waals surface area contributed by atoms with E-state index in [0.717, 1.165) is 49.0 Å². The van der Waals surface area contributed by atoms with Gasteiger partial charge in [0.25, 0.3) is 0 Å². The maximum Gasteiger partial charge on any atom is 0.0969 e. The van der Waals surface area contributed by atoms with Gasteiger partial charge in [-0.25, -0.2) is 4.98 Å². The molecule has 5 heteroatoms. The number of hydrogen-bond acceptors (Lipinski definition) is 3. The summed E-state index contributed by atoms with van der Waals surface area (Å²) >= 11 is 5.94. The topological polar surface area (TPSA) is 30.3 Å². The zero-order chi connectivity index (χ0) is 11.7. The average molecular weight is 252 g/mol. The lowest BCUT2D eigenvalue weighted by Gasteiger charge is -2.26. The number of imidazole rings is 1. The minimum absolute atomic E-state index is 0.731. The normalized spacial score (nSPS) is 17.7. The first-order chi connectivity index (χ1) is 8.33. The van der Waals surface area contributed by atoms with Crippen molar-refractivity contribution in [2.24, 2.45) is 0 Å². The molecular formula is C12H14ClN3O. The fourth-order valence-corrected chi connectivity index (χ4v) is 2.27. The Morgan fingerprint density at radius 3 is 2.94 bits per heavy atom. The highest BCUT2D eigenvalue weighted by Gasteiger charge is 2.12. The Hall–Kier alpha value is -1.10. The molecule has 1 saturated heterocycles. The summed E-state index contributed by atoms with van der Waals surface area (Å²) in [5.41, 5.74) is 2.08. The van der Waals surface area contributed by atoms with Gasteiger partial charge in [0.15, 0.2) is 0 Å². The van der Waals surface area contributed by atoms with Crippen LogP contribution in [0.3, 0.4) is 0 Å². The molecule has 0 aliphatic carbocycles. The van der Waals surface area contributed by atoms with E-state index in [2.05, 4.69) is 14.5 Å². The summed E-state index contributed by atoms with van der Waals surface area (Å²) in [5, 5.41) is 0.731. The average Bonchev–Trinajstić information content (AvgIpc) is 2.73. The van der Waals surface area contributed by atoms with Crippen LogP contribution in [0.2, 0.25) is 5.02 Å². The van der Waals surface area contributed by atoms with E-state index in [1.807, 2.05) is 24.5 Å². The van der Waals surface area contributed by atoms with E-state index in [0.29, 0.717) is 0 Å². The maximum atomic E-state index is 5.94. The smallest absolute Gasteiger partial charge is 0.0969 e. The molecular weight excluding hydrogens is 238 g/mol. The maximum absolute atomic E-state index is 5.94. The molecule has 0 atom stereocenters. The van der Waals surface area contributed by atoms with Crippen molar-refractivity contribution in [3.8, 4) is 0 Å². The van der Waals surface area contributed by atoms with Crippen LogP contribution < -0.4 is 0 Å². The molecule has 1 aromatic carbocycles. The highest BCUT2D eigenvalue weighted by Crippen LogP contribution is 2.18. The van der Waals surface area contributed by atoms with Gasteiger partial charge in [-0.05, 0) is 18.2 Å². The van der Waals surface area contributed by atoms with Crippen molar-refractivity contribution in [2.75, 3.05) is 26.3 Å². The zero-order valence-corrected chi connectivity index (χ0v) is 10.2. The van der Waals surface area contributed by atoms with Crippen LogP contribution in [-0.4, -0.2) is 40.8 Å². The molecule has 2 heterocycles. The van der Waals surface area contributed by atoms with Crippen molar-refractivity contribution in [3.63, 3.8) is 0 Å². The molecule has 4 nitrogen and oxygen atoms in total. The van der Waals surface area contributed by atoms with E-state index in [1.54, 1.807) is 0 Å². The van der Waals surface area contributed by atoms with Gasteiger partial charge >= 0.3 is 0 Å². The Morgan fingerprint density at radius 1 is 1.29 bits per heavy atom. The summed E-state index contributed by atoms with van der Waals surface area (Å²) in [4.78, 5) is 6.73. The predicted octanol–water partition coefficient (Wildman–Crippen LogP) is 1.98. The summed E-state index contributed by atoms with van der Waals surface area (Å²) in [5.74, 6) is 0. The summed E-state index contributed by atoms with van der Waals surface area (Å²) in [7, 11) is 0. The molecule has 0 spiro atoms. The first-order valence-electron chi connectivity index (χ1n) is 5.73. The molecule has 90 valence electrons. The second kappa shape index (κ2) is 4.64. The minimum Gasteiger partial charge on any atom is -0.379 e. The Labute approximate surface area is 105 Å². The number of aromatic nitrogens is 2. The molecule has 2 aromatic rings. The molecule has 0 radical (unpaired) electrons. The third-order valence-electron chi connectivity index (χ3n) is 3.04. The number of benzene rings is 1. The van der Waals surface area contributed by atoms with Crippen LogP contribution in [0, 0.1) is 0 Å². The van der Waals surface area contributed by atoms with Crippen molar-refractivity contribution in [1.29, 1.82) is 0 Å². The van der Waals surface area contributed by atoms with Crippen molar-refractivity contribution in [3.05, 3.63) is 29.5 Å². The van der Waals surface area contributed by atoms with E-state index in [1.165, 1.54) is 0 Å². The quantitative estimate of drug-likeness (QED) is 0.818. The molecule has 0 unspecified atom stereocenters. The van der Waals surface area contributed by atoms with Crippen LogP contribution >= 0.6 is 11.6 Å². The first-order valence-corrected chi connectivity index (χ1v) is 6.11. The number of ether oxygens (including phenoxy) is 1.